The number of aromatic nitrogens is 2. The number of para-hydroxylation sites is 1. The van der Waals surface area contributed by atoms with Crippen molar-refractivity contribution in [3.05, 3.63) is 59.0 Å². The van der Waals surface area contributed by atoms with Gasteiger partial charge in [0.15, 0.2) is 0 Å². The first kappa shape index (κ1) is 18.5. The highest BCUT2D eigenvalue weighted by Gasteiger charge is 2.36. The van der Waals surface area contributed by atoms with Crippen LogP contribution >= 0.6 is 0 Å². The average molecular weight is 379 g/mol. The van der Waals surface area contributed by atoms with Gasteiger partial charge >= 0.3 is 0 Å². The van der Waals surface area contributed by atoms with E-state index in [1.54, 1.807) is 19.5 Å². The minimum absolute atomic E-state index is 0.138. The summed E-state index contributed by atoms with van der Waals surface area (Å²) in [7, 11) is 1.60. The molecule has 1 fully saturated rings. The van der Waals surface area contributed by atoms with Gasteiger partial charge in [0.05, 0.1) is 36.5 Å². The van der Waals surface area contributed by atoms with E-state index in [1.165, 1.54) is 0 Å². The minimum Gasteiger partial charge on any atom is -0.495 e. The zero-order valence-corrected chi connectivity index (χ0v) is 16.3. The number of hydrogen-bond acceptors (Lipinski definition) is 4. The molecule has 0 bridgehead atoms. The highest BCUT2D eigenvalue weighted by molar-refractivity contribution is 6.06. The number of aliphatic hydroxyl groups is 1. The molecule has 1 aliphatic rings. The fourth-order valence-electron chi connectivity index (χ4n) is 3.98. The fourth-order valence-corrected chi connectivity index (χ4v) is 3.98. The van der Waals surface area contributed by atoms with E-state index >= 15 is 0 Å². The molecular formula is C22H25N3O3. The quantitative estimate of drug-likeness (QED) is 0.634. The van der Waals surface area contributed by atoms with Gasteiger partial charge in [0, 0.05) is 17.3 Å². The Balaban J connectivity index is 1.67. The van der Waals surface area contributed by atoms with Crippen LogP contribution in [0, 0.1) is 19.8 Å². The largest absolute Gasteiger partial charge is 0.495 e. The third-order valence-corrected chi connectivity index (χ3v) is 5.82. The minimum atomic E-state index is -0.305. The monoisotopic (exact) mass is 379 g/mol. The molecule has 28 heavy (non-hydrogen) atoms. The number of aryl methyl sites for hydroxylation is 2. The highest BCUT2D eigenvalue weighted by atomic mass is 16.5. The molecule has 1 amide bonds. The van der Waals surface area contributed by atoms with Gasteiger partial charge in [0.1, 0.15) is 5.75 Å². The molecule has 0 saturated heterocycles. The third-order valence-electron chi connectivity index (χ3n) is 5.82. The summed E-state index contributed by atoms with van der Waals surface area (Å²) in [6.07, 6.45) is 4.41. The molecule has 1 saturated carbocycles. The summed E-state index contributed by atoms with van der Waals surface area (Å²) in [5.74, 6) is 0.676. The summed E-state index contributed by atoms with van der Waals surface area (Å²) in [4.78, 5) is 20.8. The van der Waals surface area contributed by atoms with Crippen LogP contribution < -0.4 is 10.1 Å². The van der Waals surface area contributed by atoms with Gasteiger partial charge < -0.3 is 20.1 Å². The Labute approximate surface area is 163 Å². The number of nitrogens with zero attached hydrogens (tertiary/aromatic N) is 1. The molecule has 2 aromatic heterocycles. The van der Waals surface area contributed by atoms with Crippen LogP contribution in [0.2, 0.25) is 0 Å². The molecule has 0 radical (unpaired) electrons. The van der Waals surface area contributed by atoms with E-state index < -0.39 is 0 Å². The van der Waals surface area contributed by atoms with E-state index in [0.717, 1.165) is 27.7 Å². The molecule has 6 nitrogen and oxygen atoms in total. The van der Waals surface area contributed by atoms with Crippen molar-refractivity contribution in [2.45, 2.75) is 38.8 Å². The molecule has 0 unspecified atom stereocenters. The van der Waals surface area contributed by atoms with Crippen molar-refractivity contribution in [3.8, 4) is 5.75 Å². The van der Waals surface area contributed by atoms with Crippen LogP contribution in [0.5, 0.6) is 5.75 Å². The number of nitrogens with one attached hydrogen (secondary N) is 2. The maximum absolute atomic E-state index is 13.2. The molecule has 1 aliphatic carbocycles. The zero-order valence-electron chi connectivity index (χ0n) is 16.3. The van der Waals surface area contributed by atoms with Crippen molar-refractivity contribution >= 4 is 16.8 Å². The second-order valence-corrected chi connectivity index (χ2v) is 7.60. The number of amides is 1. The van der Waals surface area contributed by atoms with E-state index in [9.17, 15) is 9.90 Å². The highest BCUT2D eigenvalue weighted by Crippen LogP contribution is 2.39. The predicted molar refractivity (Wildman–Crippen MR) is 107 cm³/mol. The number of benzene rings is 1. The van der Waals surface area contributed by atoms with Gasteiger partial charge in [0.2, 0.25) is 0 Å². The van der Waals surface area contributed by atoms with Crippen molar-refractivity contribution in [2.24, 2.45) is 5.92 Å². The van der Waals surface area contributed by atoms with Gasteiger partial charge in [0.25, 0.3) is 5.91 Å². The molecule has 3 N–H and O–H groups in total. The maximum Gasteiger partial charge on any atom is 0.253 e. The first-order chi connectivity index (χ1) is 13.5. The number of rotatable bonds is 5. The predicted octanol–water partition coefficient (Wildman–Crippen LogP) is 3.43. The summed E-state index contributed by atoms with van der Waals surface area (Å²) in [6, 6.07) is 7.44. The Morgan fingerprint density at radius 1 is 1.32 bits per heavy atom. The normalized spacial score (nSPS) is 19.9. The third kappa shape index (κ3) is 3.24. The molecule has 0 spiro atoms. The molecular weight excluding hydrogens is 354 g/mol. The summed E-state index contributed by atoms with van der Waals surface area (Å²) in [5, 5.41) is 14.0. The van der Waals surface area contributed by atoms with Crippen molar-refractivity contribution in [2.75, 3.05) is 7.11 Å². The fraction of sp³-hybridized carbons (Fsp3) is 0.364. The summed E-state index contributed by atoms with van der Waals surface area (Å²) < 4.78 is 5.29. The number of pyridine rings is 1. The lowest BCUT2D eigenvalue weighted by atomic mass is 9.75. The smallest absolute Gasteiger partial charge is 0.253 e. The van der Waals surface area contributed by atoms with Crippen LogP contribution in [0.3, 0.4) is 0 Å². The summed E-state index contributed by atoms with van der Waals surface area (Å²) in [6.45, 7) is 4.06. The molecule has 1 aromatic carbocycles. The first-order valence-corrected chi connectivity index (χ1v) is 9.53. The lowest BCUT2D eigenvalue weighted by molar-refractivity contribution is 0.0234. The molecule has 6 heteroatoms. The van der Waals surface area contributed by atoms with Crippen molar-refractivity contribution in [1.82, 2.24) is 15.3 Å². The Bertz CT molecular complexity index is 1020. The number of aliphatic hydroxyl groups excluding tert-OH is 1. The van der Waals surface area contributed by atoms with E-state index in [1.807, 2.05) is 31.2 Å². The SMILES string of the molecule is COc1cncc([C@H](NC(=O)c2cccc3c(C)c(C)[nH]c23)C2CC(O)C2)c1. The maximum atomic E-state index is 13.2. The van der Waals surface area contributed by atoms with Gasteiger partial charge in [-0.25, -0.2) is 0 Å². The second-order valence-electron chi connectivity index (χ2n) is 7.60. The Morgan fingerprint density at radius 2 is 2.11 bits per heavy atom. The van der Waals surface area contributed by atoms with Crippen molar-refractivity contribution in [1.29, 1.82) is 0 Å². The number of H-pyrrole nitrogens is 1. The van der Waals surface area contributed by atoms with Crippen LogP contribution in [0.15, 0.2) is 36.7 Å². The number of methoxy groups -OCH3 is 1. The number of carbonyl (C=O) groups excluding carboxylic acids is 1. The van der Waals surface area contributed by atoms with E-state index in [-0.39, 0.29) is 24.0 Å². The second kappa shape index (κ2) is 7.28. The van der Waals surface area contributed by atoms with Gasteiger partial charge in [-0.3, -0.25) is 9.78 Å². The topological polar surface area (TPSA) is 87.2 Å². The Hall–Kier alpha value is -2.86. The van der Waals surface area contributed by atoms with E-state index in [2.05, 4.69) is 22.2 Å². The molecule has 1 atom stereocenters. The van der Waals surface area contributed by atoms with Crippen LogP contribution in [-0.4, -0.2) is 34.2 Å². The summed E-state index contributed by atoms with van der Waals surface area (Å²) in [5.41, 5.74) is 4.57. The summed E-state index contributed by atoms with van der Waals surface area (Å²) >= 11 is 0. The van der Waals surface area contributed by atoms with Crippen LogP contribution in [0.25, 0.3) is 10.9 Å². The van der Waals surface area contributed by atoms with Gasteiger partial charge in [-0.05, 0) is 55.9 Å². The van der Waals surface area contributed by atoms with Crippen LogP contribution in [0.4, 0.5) is 0 Å². The van der Waals surface area contributed by atoms with Gasteiger partial charge in [-0.1, -0.05) is 12.1 Å². The Kier molecular flexibility index (Phi) is 4.81. The zero-order chi connectivity index (χ0) is 19.8. The van der Waals surface area contributed by atoms with Crippen molar-refractivity contribution < 1.29 is 14.6 Å². The van der Waals surface area contributed by atoms with E-state index in [0.29, 0.717) is 24.2 Å². The number of ether oxygens (including phenoxy) is 1. The number of aromatic amines is 1. The molecule has 146 valence electrons. The molecule has 0 aliphatic heterocycles. The number of fused-ring (bicyclic) bond motifs is 1. The lowest BCUT2D eigenvalue weighted by Crippen LogP contribution is -2.41. The van der Waals surface area contributed by atoms with Gasteiger partial charge in [-0.15, -0.1) is 0 Å². The lowest BCUT2D eigenvalue weighted by Gasteiger charge is -2.38. The van der Waals surface area contributed by atoms with E-state index in [4.69, 9.17) is 4.74 Å². The first-order valence-electron chi connectivity index (χ1n) is 9.53. The average Bonchev–Trinajstić information content (AvgIpc) is 2.98. The standard InChI is InChI=1S/C22H25N3O3/c1-12-13(2)24-21-18(12)5-4-6-19(21)22(27)25-20(14-7-16(26)8-14)15-9-17(28-3)11-23-10-15/h4-6,9-11,14,16,20,24,26H,7-8H2,1-3H3,(H,25,27)/t14?,16?,20-/m1/s1. The van der Waals surface area contributed by atoms with Crippen LogP contribution in [-0.2, 0) is 0 Å². The molecule has 3 aromatic rings. The van der Waals surface area contributed by atoms with Crippen molar-refractivity contribution in [3.63, 3.8) is 0 Å². The number of carbonyl (C=O) groups is 1. The molecule has 2 heterocycles. The van der Waals surface area contributed by atoms with Crippen LogP contribution in [0.1, 0.15) is 46.1 Å². The van der Waals surface area contributed by atoms with Gasteiger partial charge in [-0.2, -0.15) is 0 Å². The number of hydrogen-bond donors (Lipinski definition) is 3. The Morgan fingerprint density at radius 3 is 2.82 bits per heavy atom. The molecule has 4 rings (SSSR count).